The number of hydrogen-bond acceptors (Lipinski definition) is 2. The zero-order chi connectivity index (χ0) is 30.2. The van der Waals surface area contributed by atoms with Gasteiger partial charge in [0.05, 0.1) is 5.56 Å². The van der Waals surface area contributed by atoms with Crippen molar-refractivity contribution in [3.8, 4) is 11.1 Å². The Balaban J connectivity index is 1.23. The summed E-state index contributed by atoms with van der Waals surface area (Å²) in [6.45, 7) is 0. The van der Waals surface area contributed by atoms with E-state index in [9.17, 15) is 0 Å². The molecule has 5 aromatic carbocycles. The van der Waals surface area contributed by atoms with Gasteiger partial charge in [0.1, 0.15) is 22.3 Å². The second-order valence-corrected chi connectivity index (χ2v) is 12.7. The van der Waals surface area contributed by atoms with Gasteiger partial charge in [0.25, 0.3) is 0 Å². The Morgan fingerprint density at radius 3 is 2.26 bits per heavy atom. The fraction of sp³-hybridized carbons (Fsp3) is 0.0909. The number of furan rings is 2. The highest BCUT2D eigenvalue weighted by Crippen LogP contribution is 2.46. The summed E-state index contributed by atoms with van der Waals surface area (Å²) in [5.41, 5.74) is 11.1. The second-order valence-electron chi connectivity index (χ2n) is 12.7. The quantitative estimate of drug-likeness (QED) is 0.205. The minimum Gasteiger partial charge on any atom is -0.455 e. The topological polar surface area (TPSA) is 26.3 Å². The summed E-state index contributed by atoms with van der Waals surface area (Å²) in [5, 5.41) is 7.06. The predicted molar refractivity (Wildman–Crippen MR) is 192 cm³/mol. The second kappa shape index (κ2) is 9.95. The molecule has 0 radical (unpaired) electrons. The van der Waals surface area contributed by atoms with Gasteiger partial charge in [0.15, 0.2) is 0 Å². The van der Waals surface area contributed by atoms with Crippen molar-refractivity contribution < 1.29 is 8.83 Å². The van der Waals surface area contributed by atoms with Crippen molar-refractivity contribution in [3.05, 3.63) is 162 Å². The maximum Gasteiger partial charge on any atom is 0.146 e. The van der Waals surface area contributed by atoms with E-state index in [2.05, 4.69) is 146 Å². The Bertz CT molecular complexity index is 2580. The molecule has 2 nitrogen and oxygen atoms in total. The SMILES string of the molecule is C1=CCCC(c2c3oc4ccc(-c5cccc6ccccc56)cc4c3cc3c2oc2ccc(C4C=CC=C5C=CC=CC54)cc23)=C1. The molecule has 0 saturated carbocycles. The summed E-state index contributed by atoms with van der Waals surface area (Å²) in [5.74, 6) is 0.625. The molecule has 0 amide bonds. The fourth-order valence-electron chi connectivity index (χ4n) is 7.90. The summed E-state index contributed by atoms with van der Waals surface area (Å²) >= 11 is 0. The summed E-state index contributed by atoms with van der Waals surface area (Å²) < 4.78 is 13.5. The molecule has 2 heteroatoms. The van der Waals surface area contributed by atoms with Crippen LogP contribution in [0, 0.1) is 5.92 Å². The normalized spacial score (nSPS) is 19.0. The van der Waals surface area contributed by atoms with Crippen molar-refractivity contribution >= 4 is 60.2 Å². The first-order chi connectivity index (χ1) is 22.8. The largest absolute Gasteiger partial charge is 0.455 e. The van der Waals surface area contributed by atoms with Crippen molar-refractivity contribution in [2.45, 2.75) is 18.8 Å². The van der Waals surface area contributed by atoms with Gasteiger partial charge < -0.3 is 8.83 Å². The molecule has 10 rings (SSSR count). The van der Waals surface area contributed by atoms with Gasteiger partial charge in [-0.05, 0) is 81.8 Å². The molecule has 218 valence electrons. The first-order valence-electron chi connectivity index (χ1n) is 16.2. The third-order valence-electron chi connectivity index (χ3n) is 10.1. The lowest BCUT2D eigenvalue weighted by Gasteiger charge is -2.27. The lowest BCUT2D eigenvalue weighted by atomic mass is 9.76. The zero-order valence-corrected chi connectivity index (χ0v) is 25.2. The average Bonchev–Trinajstić information content (AvgIpc) is 3.67. The van der Waals surface area contributed by atoms with Crippen LogP contribution < -0.4 is 0 Å². The van der Waals surface area contributed by atoms with Crippen LogP contribution in [-0.4, -0.2) is 0 Å². The Labute approximate surface area is 266 Å². The summed E-state index contributed by atoms with van der Waals surface area (Å²) in [6.07, 6.45) is 24.2. The van der Waals surface area contributed by atoms with Gasteiger partial charge in [-0.1, -0.05) is 115 Å². The molecule has 3 aliphatic rings. The predicted octanol–water partition coefficient (Wildman–Crippen LogP) is 12.4. The number of fused-ring (bicyclic) bond motifs is 8. The van der Waals surface area contributed by atoms with Crippen LogP contribution in [-0.2, 0) is 0 Å². The van der Waals surface area contributed by atoms with E-state index in [1.54, 1.807) is 0 Å². The molecule has 2 atom stereocenters. The van der Waals surface area contributed by atoms with Crippen LogP contribution in [0.4, 0.5) is 0 Å². The third kappa shape index (κ3) is 3.83. The molecular weight excluding hydrogens is 560 g/mol. The lowest BCUT2D eigenvalue weighted by molar-refractivity contribution is 0.652. The molecule has 0 fully saturated rings. The molecule has 0 bridgehead atoms. The van der Waals surface area contributed by atoms with Crippen LogP contribution in [0.2, 0.25) is 0 Å². The molecule has 3 aliphatic carbocycles. The van der Waals surface area contributed by atoms with Crippen LogP contribution in [0.15, 0.2) is 160 Å². The van der Waals surface area contributed by atoms with Gasteiger partial charge in [-0.3, -0.25) is 0 Å². The van der Waals surface area contributed by atoms with E-state index >= 15 is 0 Å². The van der Waals surface area contributed by atoms with Crippen LogP contribution in [0.3, 0.4) is 0 Å². The Morgan fingerprint density at radius 1 is 0.587 bits per heavy atom. The zero-order valence-electron chi connectivity index (χ0n) is 25.2. The van der Waals surface area contributed by atoms with Crippen LogP contribution in [0.5, 0.6) is 0 Å². The molecular formula is C44H30O2. The third-order valence-corrected chi connectivity index (χ3v) is 10.1. The van der Waals surface area contributed by atoms with Gasteiger partial charge in [0.2, 0.25) is 0 Å². The van der Waals surface area contributed by atoms with Gasteiger partial charge in [-0.25, -0.2) is 0 Å². The molecule has 2 unspecified atom stereocenters. The standard InChI is InChI=1S/C44H30O2/c1-2-12-29(13-3-1)42-43-38(36-24-30(20-22-40(36)45-43)34-18-8-14-27-10-4-6-16-32(27)34)26-39-37-25-31(21-23-41(37)46-44(39)42)35-19-9-15-28-11-5-7-17-33(28)35/h1-2,4-12,14-26,32,34H,3,13H2. The first kappa shape index (κ1) is 25.7. The van der Waals surface area contributed by atoms with E-state index in [1.165, 1.54) is 38.6 Å². The van der Waals surface area contributed by atoms with Crippen molar-refractivity contribution in [2.24, 2.45) is 5.92 Å². The number of hydrogen-bond donors (Lipinski definition) is 0. The van der Waals surface area contributed by atoms with Crippen molar-refractivity contribution in [3.63, 3.8) is 0 Å². The average molecular weight is 591 g/mol. The number of benzene rings is 5. The fourth-order valence-corrected chi connectivity index (χ4v) is 7.90. The van der Waals surface area contributed by atoms with Gasteiger partial charge in [-0.15, -0.1) is 0 Å². The highest BCUT2D eigenvalue weighted by molar-refractivity contribution is 6.20. The molecule has 0 spiro atoms. The Kier molecular flexibility index (Phi) is 5.56. The molecule has 7 aromatic rings. The van der Waals surface area contributed by atoms with E-state index in [4.69, 9.17) is 8.83 Å². The van der Waals surface area contributed by atoms with Crippen LogP contribution >= 0.6 is 0 Å². The van der Waals surface area contributed by atoms with Crippen LogP contribution in [0.1, 0.15) is 29.9 Å². The van der Waals surface area contributed by atoms with E-state index in [1.807, 2.05) is 0 Å². The van der Waals surface area contributed by atoms with E-state index in [0.717, 1.165) is 62.3 Å². The van der Waals surface area contributed by atoms with Gasteiger partial charge in [0, 0.05) is 33.4 Å². The Morgan fingerprint density at radius 2 is 1.39 bits per heavy atom. The molecule has 46 heavy (non-hydrogen) atoms. The van der Waals surface area contributed by atoms with E-state index in [-0.39, 0.29) is 5.92 Å². The van der Waals surface area contributed by atoms with Crippen molar-refractivity contribution in [1.29, 1.82) is 0 Å². The lowest BCUT2D eigenvalue weighted by Crippen LogP contribution is -2.14. The van der Waals surface area contributed by atoms with E-state index in [0.29, 0.717) is 5.92 Å². The summed E-state index contributed by atoms with van der Waals surface area (Å²) in [7, 11) is 0. The molecule has 2 aromatic heterocycles. The van der Waals surface area contributed by atoms with Crippen molar-refractivity contribution in [1.82, 2.24) is 0 Å². The molecule has 0 aliphatic heterocycles. The minimum absolute atomic E-state index is 0.281. The number of allylic oxidation sites excluding steroid dienone is 12. The first-order valence-corrected chi connectivity index (χ1v) is 16.2. The Hall–Kier alpha value is -5.60. The van der Waals surface area contributed by atoms with E-state index < -0.39 is 0 Å². The minimum atomic E-state index is 0.281. The summed E-state index contributed by atoms with van der Waals surface area (Å²) in [6, 6.07) is 30.9. The maximum atomic E-state index is 6.75. The summed E-state index contributed by atoms with van der Waals surface area (Å²) in [4.78, 5) is 0. The van der Waals surface area contributed by atoms with Crippen LogP contribution in [0.25, 0.3) is 71.3 Å². The highest BCUT2D eigenvalue weighted by Gasteiger charge is 2.27. The smallest absolute Gasteiger partial charge is 0.146 e. The molecule has 0 saturated heterocycles. The number of rotatable bonds is 3. The maximum absolute atomic E-state index is 6.75. The molecule has 0 N–H and O–H groups in total. The van der Waals surface area contributed by atoms with Crippen molar-refractivity contribution in [2.75, 3.05) is 0 Å². The highest BCUT2D eigenvalue weighted by atomic mass is 16.3. The molecule has 2 heterocycles. The monoisotopic (exact) mass is 590 g/mol. The van der Waals surface area contributed by atoms with Gasteiger partial charge in [-0.2, -0.15) is 0 Å². The van der Waals surface area contributed by atoms with Gasteiger partial charge >= 0.3 is 0 Å².